The number of anilines is 1. The summed E-state index contributed by atoms with van der Waals surface area (Å²) in [4.78, 5) is 33.0. The van der Waals surface area contributed by atoms with Crippen molar-refractivity contribution in [2.24, 2.45) is 5.92 Å². The van der Waals surface area contributed by atoms with E-state index in [-0.39, 0.29) is 23.3 Å². The van der Waals surface area contributed by atoms with Crippen molar-refractivity contribution < 1.29 is 14.0 Å². The molecule has 1 saturated heterocycles. The van der Waals surface area contributed by atoms with Gasteiger partial charge in [0.05, 0.1) is 0 Å². The van der Waals surface area contributed by atoms with Gasteiger partial charge in [0, 0.05) is 50.2 Å². The summed E-state index contributed by atoms with van der Waals surface area (Å²) in [6, 6.07) is 9.55. The van der Waals surface area contributed by atoms with E-state index < -0.39 is 0 Å². The Hall–Kier alpha value is -2.96. The molecular formula is C21H25FN4O2. The summed E-state index contributed by atoms with van der Waals surface area (Å²) >= 11 is 0. The highest BCUT2D eigenvalue weighted by molar-refractivity contribution is 5.98. The van der Waals surface area contributed by atoms with Crippen LogP contribution in [-0.4, -0.2) is 54.4 Å². The number of carbonyl (C=O) groups excluding carboxylic acids is 2. The summed E-state index contributed by atoms with van der Waals surface area (Å²) in [5.74, 6) is -0.307. The van der Waals surface area contributed by atoms with Crippen LogP contribution in [0.5, 0.6) is 0 Å². The molecule has 2 aromatic rings. The second-order valence-corrected chi connectivity index (χ2v) is 7.29. The third kappa shape index (κ3) is 4.85. The fourth-order valence-electron chi connectivity index (χ4n) is 3.08. The lowest BCUT2D eigenvalue weighted by molar-refractivity contribution is 0.0746. The normalized spacial score (nSPS) is 14.3. The molecule has 1 N–H and O–H groups in total. The molecular weight excluding hydrogens is 359 g/mol. The minimum atomic E-state index is -0.274. The van der Waals surface area contributed by atoms with E-state index in [1.54, 1.807) is 29.2 Å². The van der Waals surface area contributed by atoms with E-state index in [4.69, 9.17) is 0 Å². The number of rotatable bonds is 5. The number of piperazine rings is 1. The van der Waals surface area contributed by atoms with E-state index in [9.17, 15) is 14.0 Å². The van der Waals surface area contributed by atoms with Crippen LogP contribution in [0, 0.1) is 11.7 Å². The van der Waals surface area contributed by atoms with E-state index in [0.29, 0.717) is 44.2 Å². The number of carbonyl (C=O) groups is 2. The molecule has 1 aromatic carbocycles. The summed E-state index contributed by atoms with van der Waals surface area (Å²) in [6.07, 6.45) is 1.49. The molecule has 2 amide bonds. The summed E-state index contributed by atoms with van der Waals surface area (Å²) < 4.78 is 13.1. The van der Waals surface area contributed by atoms with Crippen LogP contribution < -0.4 is 10.2 Å². The predicted molar refractivity (Wildman–Crippen MR) is 106 cm³/mol. The molecule has 0 bridgehead atoms. The lowest BCUT2D eigenvalue weighted by atomic mass is 10.1. The van der Waals surface area contributed by atoms with Gasteiger partial charge in [-0.15, -0.1) is 0 Å². The van der Waals surface area contributed by atoms with E-state index in [1.807, 2.05) is 13.8 Å². The summed E-state index contributed by atoms with van der Waals surface area (Å²) in [5, 5.41) is 2.81. The van der Waals surface area contributed by atoms with Gasteiger partial charge in [-0.25, -0.2) is 4.39 Å². The van der Waals surface area contributed by atoms with Crippen LogP contribution in [0.2, 0.25) is 0 Å². The number of benzene rings is 1. The standard InChI is InChI=1S/C21H25FN4O2/c1-15(2)14-24-20(27)19-13-16(7-8-23-19)21(28)26-11-9-25(10-12-26)18-5-3-17(22)4-6-18/h3-8,13,15H,9-12,14H2,1-2H3,(H,24,27). The van der Waals surface area contributed by atoms with Gasteiger partial charge in [-0.2, -0.15) is 0 Å². The number of hydrogen-bond donors (Lipinski definition) is 1. The Balaban J connectivity index is 1.61. The first-order valence-corrected chi connectivity index (χ1v) is 9.48. The van der Waals surface area contributed by atoms with Crippen LogP contribution in [-0.2, 0) is 0 Å². The van der Waals surface area contributed by atoms with Crippen LogP contribution in [0.15, 0.2) is 42.6 Å². The van der Waals surface area contributed by atoms with Gasteiger partial charge in [0.15, 0.2) is 0 Å². The number of amides is 2. The number of halogens is 1. The average Bonchev–Trinajstić information content (AvgIpc) is 2.72. The summed E-state index contributed by atoms with van der Waals surface area (Å²) in [7, 11) is 0. The van der Waals surface area contributed by atoms with E-state index in [1.165, 1.54) is 18.3 Å². The molecule has 28 heavy (non-hydrogen) atoms. The Labute approximate surface area is 164 Å². The second-order valence-electron chi connectivity index (χ2n) is 7.29. The van der Waals surface area contributed by atoms with Crippen molar-refractivity contribution >= 4 is 17.5 Å². The van der Waals surface area contributed by atoms with Crippen molar-refractivity contribution in [3.8, 4) is 0 Å². The van der Waals surface area contributed by atoms with Gasteiger partial charge in [0.1, 0.15) is 11.5 Å². The van der Waals surface area contributed by atoms with E-state index in [2.05, 4.69) is 15.2 Å². The number of hydrogen-bond acceptors (Lipinski definition) is 4. The molecule has 0 saturated carbocycles. The quantitative estimate of drug-likeness (QED) is 0.861. The molecule has 148 valence electrons. The first kappa shape index (κ1) is 19.8. The minimum Gasteiger partial charge on any atom is -0.368 e. The fraction of sp³-hybridized carbons (Fsp3) is 0.381. The van der Waals surface area contributed by atoms with E-state index in [0.717, 1.165) is 5.69 Å². The Kier molecular flexibility index (Phi) is 6.23. The third-order valence-corrected chi connectivity index (χ3v) is 4.67. The van der Waals surface area contributed by atoms with Crippen molar-refractivity contribution in [1.82, 2.24) is 15.2 Å². The summed E-state index contributed by atoms with van der Waals surface area (Å²) in [5.41, 5.74) is 1.65. The minimum absolute atomic E-state index is 0.112. The van der Waals surface area contributed by atoms with Gasteiger partial charge in [0.25, 0.3) is 11.8 Å². The fourth-order valence-corrected chi connectivity index (χ4v) is 3.08. The van der Waals surface area contributed by atoms with Crippen LogP contribution >= 0.6 is 0 Å². The SMILES string of the molecule is CC(C)CNC(=O)c1cc(C(=O)N2CCN(c3ccc(F)cc3)CC2)ccn1. The lowest BCUT2D eigenvalue weighted by Crippen LogP contribution is -2.48. The maximum atomic E-state index is 13.1. The maximum absolute atomic E-state index is 13.1. The Morgan fingerprint density at radius 3 is 2.43 bits per heavy atom. The second kappa shape index (κ2) is 8.82. The van der Waals surface area contributed by atoms with Gasteiger partial charge >= 0.3 is 0 Å². The molecule has 1 aromatic heterocycles. The third-order valence-electron chi connectivity index (χ3n) is 4.67. The van der Waals surface area contributed by atoms with Crippen molar-refractivity contribution in [3.63, 3.8) is 0 Å². The number of pyridine rings is 1. The van der Waals surface area contributed by atoms with Gasteiger partial charge in [-0.3, -0.25) is 14.6 Å². The topological polar surface area (TPSA) is 65.5 Å². The summed E-state index contributed by atoms with van der Waals surface area (Å²) in [6.45, 7) is 7.05. The van der Waals surface area contributed by atoms with Crippen molar-refractivity contribution in [1.29, 1.82) is 0 Å². The zero-order chi connectivity index (χ0) is 20.1. The molecule has 0 spiro atoms. The molecule has 6 nitrogen and oxygen atoms in total. The number of nitrogens with one attached hydrogen (secondary N) is 1. The lowest BCUT2D eigenvalue weighted by Gasteiger charge is -2.36. The van der Waals surface area contributed by atoms with Gasteiger partial charge in [-0.1, -0.05) is 13.8 Å². The van der Waals surface area contributed by atoms with Gasteiger partial charge < -0.3 is 15.1 Å². The Morgan fingerprint density at radius 2 is 1.79 bits per heavy atom. The first-order valence-electron chi connectivity index (χ1n) is 9.48. The highest BCUT2D eigenvalue weighted by Gasteiger charge is 2.23. The highest BCUT2D eigenvalue weighted by Crippen LogP contribution is 2.18. The zero-order valence-corrected chi connectivity index (χ0v) is 16.2. The van der Waals surface area contributed by atoms with Crippen molar-refractivity contribution in [2.75, 3.05) is 37.6 Å². The molecule has 0 radical (unpaired) electrons. The van der Waals surface area contributed by atoms with Gasteiger partial charge in [0.2, 0.25) is 0 Å². The van der Waals surface area contributed by atoms with Crippen molar-refractivity contribution in [3.05, 3.63) is 59.7 Å². The molecule has 7 heteroatoms. The Bertz CT molecular complexity index is 831. The molecule has 0 unspecified atom stereocenters. The molecule has 3 rings (SSSR count). The molecule has 1 fully saturated rings. The molecule has 0 aliphatic carbocycles. The zero-order valence-electron chi connectivity index (χ0n) is 16.2. The number of nitrogens with zero attached hydrogens (tertiary/aromatic N) is 3. The van der Waals surface area contributed by atoms with Crippen LogP contribution in [0.25, 0.3) is 0 Å². The largest absolute Gasteiger partial charge is 0.368 e. The monoisotopic (exact) mass is 384 g/mol. The smallest absolute Gasteiger partial charge is 0.269 e. The molecule has 0 atom stereocenters. The van der Waals surface area contributed by atoms with E-state index >= 15 is 0 Å². The first-order chi connectivity index (χ1) is 13.4. The van der Waals surface area contributed by atoms with Crippen molar-refractivity contribution in [2.45, 2.75) is 13.8 Å². The van der Waals surface area contributed by atoms with Crippen LogP contribution in [0.1, 0.15) is 34.7 Å². The maximum Gasteiger partial charge on any atom is 0.269 e. The number of aromatic nitrogens is 1. The van der Waals surface area contributed by atoms with Crippen LogP contribution in [0.3, 0.4) is 0 Å². The molecule has 1 aliphatic rings. The molecule has 1 aliphatic heterocycles. The van der Waals surface area contributed by atoms with Crippen LogP contribution in [0.4, 0.5) is 10.1 Å². The average molecular weight is 384 g/mol. The predicted octanol–water partition coefficient (Wildman–Crippen LogP) is 2.57. The highest BCUT2D eigenvalue weighted by atomic mass is 19.1. The molecule has 2 heterocycles. The van der Waals surface area contributed by atoms with Gasteiger partial charge in [-0.05, 0) is 42.3 Å². The Morgan fingerprint density at radius 1 is 1.11 bits per heavy atom.